The van der Waals surface area contributed by atoms with E-state index >= 15 is 0 Å². The molecule has 0 aromatic heterocycles. The first-order valence-corrected chi connectivity index (χ1v) is 6.46. The van der Waals surface area contributed by atoms with Gasteiger partial charge in [-0.25, -0.2) is 4.79 Å². The molecule has 1 atom stereocenters. The molecule has 0 saturated carbocycles. The van der Waals surface area contributed by atoms with Crippen molar-refractivity contribution >= 4 is 17.3 Å². The monoisotopic (exact) mass is 279 g/mol. The van der Waals surface area contributed by atoms with Crippen LogP contribution in [-0.2, 0) is 4.74 Å². The van der Waals surface area contributed by atoms with Crippen molar-refractivity contribution in [3.05, 3.63) is 33.9 Å². The molecule has 7 heteroatoms. The predicted molar refractivity (Wildman–Crippen MR) is 74.0 cm³/mol. The number of nitro groups is 1. The summed E-state index contributed by atoms with van der Waals surface area (Å²) in [5.41, 5.74) is 0.487. The minimum Gasteiger partial charge on any atom is -0.465 e. The molecule has 0 aliphatic carbocycles. The van der Waals surface area contributed by atoms with Crippen molar-refractivity contribution in [1.29, 1.82) is 0 Å². The maximum Gasteiger partial charge on any atom is 0.338 e. The summed E-state index contributed by atoms with van der Waals surface area (Å²) in [6.07, 6.45) is 1.99. The van der Waals surface area contributed by atoms with Crippen molar-refractivity contribution < 1.29 is 14.5 Å². The highest BCUT2D eigenvalue weighted by atomic mass is 16.6. The third-order valence-electron chi connectivity index (χ3n) is 3.27. The van der Waals surface area contributed by atoms with Crippen LogP contribution in [0.2, 0.25) is 0 Å². The summed E-state index contributed by atoms with van der Waals surface area (Å²) in [4.78, 5) is 22.0. The first-order valence-electron chi connectivity index (χ1n) is 6.46. The van der Waals surface area contributed by atoms with Gasteiger partial charge in [-0.1, -0.05) is 0 Å². The average molecular weight is 279 g/mol. The number of anilines is 1. The Labute approximate surface area is 116 Å². The topological polar surface area (TPSA) is 93.5 Å². The van der Waals surface area contributed by atoms with Gasteiger partial charge in [0.1, 0.15) is 5.69 Å². The van der Waals surface area contributed by atoms with E-state index in [-0.39, 0.29) is 17.3 Å². The lowest BCUT2D eigenvalue weighted by atomic mass is 10.1. The highest BCUT2D eigenvalue weighted by molar-refractivity contribution is 5.91. The van der Waals surface area contributed by atoms with Gasteiger partial charge in [-0.3, -0.25) is 10.1 Å². The Kier molecular flexibility index (Phi) is 4.52. The molecule has 1 fully saturated rings. The normalized spacial score (nSPS) is 18.4. The molecular formula is C13H17N3O4. The second-order valence-corrected chi connectivity index (χ2v) is 4.67. The Bertz CT molecular complexity index is 512. The summed E-state index contributed by atoms with van der Waals surface area (Å²) in [6.45, 7) is 1.75. The SMILES string of the molecule is COC(=O)c1ccc(N[C@@H]2CCCNC2)c([N+](=O)[O-])c1. The van der Waals surface area contributed by atoms with Gasteiger partial charge in [-0.05, 0) is 31.5 Å². The third-order valence-corrected chi connectivity index (χ3v) is 3.27. The number of rotatable bonds is 4. The van der Waals surface area contributed by atoms with E-state index in [2.05, 4.69) is 15.4 Å². The smallest absolute Gasteiger partial charge is 0.338 e. The fourth-order valence-electron chi connectivity index (χ4n) is 2.24. The second-order valence-electron chi connectivity index (χ2n) is 4.67. The fourth-order valence-corrected chi connectivity index (χ4v) is 2.24. The molecular weight excluding hydrogens is 262 g/mol. The van der Waals surface area contributed by atoms with Gasteiger partial charge in [0, 0.05) is 18.7 Å². The molecule has 20 heavy (non-hydrogen) atoms. The van der Waals surface area contributed by atoms with Gasteiger partial charge < -0.3 is 15.4 Å². The molecule has 1 aromatic carbocycles. The number of nitrogens with zero attached hydrogens (tertiary/aromatic N) is 1. The van der Waals surface area contributed by atoms with Gasteiger partial charge in [-0.2, -0.15) is 0 Å². The zero-order chi connectivity index (χ0) is 14.5. The predicted octanol–water partition coefficient (Wildman–Crippen LogP) is 1.55. The number of ether oxygens (including phenoxy) is 1. The van der Waals surface area contributed by atoms with Crippen molar-refractivity contribution in [3.63, 3.8) is 0 Å². The van der Waals surface area contributed by atoms with Crippen LogP contribution in [0.5, 0.6) is 0 Å². The summed E-state index contributed by atoms with van der Waals surface area (Å²) in [7, 11) is 1.24. The number of hydrogen-bond acceptors (Lipinski definition) is 6. The first kappa shape index (κ1) is 14.3. The number of benzene rings is 1. The highest BCUT2D eigenvalue weighted by Crippen LogP contribution is 2.27. The minimum absolute atomic E-state index is 0.113. The Morgan fingerprint density at radius 2 is 2.35 bits per heavy atom. The highest BCUT2D eigenvalue weighted by Gasteiger charge is 2.21. The van der Waals surface area contributed by atoms with Crippen LogP contribution in [-0.4, -0.2) is 37.1 Å². The molecule has 7 nitrogen and oxygen atoms in total. The number of nitro benzene ring substituents is 1. The molecule has 0 spiro atoms. The van der Waals surface area contributed by atoms with Crippen LogP contribution in [0.15, 0.2) is 18.2 Å². The molecule has 1 heterocycles. The molecule has 2 rings (SSSR count). The molecule has 0 amide bonds. The van der Waals surface area contributed by atoms with Crippen LogP contribution in [0.1, 0.15) is 23.2 Å². The number of methoxy groups -OCH3 is 1. The van der Waals surface area contributed by atoms with E-state index in [9.17, 15) is 14.9 Å². The Morgan fingerprint density at radius 1 is 1.55 bits per heavy atom. The van der Waals surface area contributed by atoms with Crippen LogP contribution >= 0.6 is 0 Å². The Hall–Kier alpha value is -2.15. The zero-order valence-electron chi connectivity index (χ0n) is 11.2. The van der Waals surface area contributed by atoms with Crippen molar-refractivity contribution in [3.8, 4) is 0 Å². The molecule has 1 aliphatic heterocycles. The maximum atomic E-state index is 11.4. The summed E-state index contributed by atoms with van der Waals surface area (Å²) in [6, 6.07) is 4.48. The lowest BCUT2D eigenvalue weighted by Gasteiger charge is -2.24. The quantitative estimate of drug-likeness (QED) is 0.493. The standard InChI is InChI=1S/C13H17N3O4/c1-20-13(17)9-4-5-11(12(7-9)16(18)19)15-10-3-2-6-14-8-10/h4-5,7,10,14-15H,2-3,6,8H2,1H3/t10-/m1/s1. The van der Waals surface area contributed by atoms with Crippen molar-refractivity contribution in [2.24, 2.45) is 0 Å². The van der Waals surface area contributed by atoms with Crippen LogP contribution in [0.25, 0.3) is 0 Å². The lowest BCUT2D eigenvalue weighted by molar-refractivity contribution is -0.384. The molecule has 0 radical (unpaired) electrons. The zero-order valence-corrected chi connectivity index (χ0v) is 11.2. The van der Waals surface area contributed by atoms with Crippen molar-refractivity contribution in [2.45, 2.75) is 18.9 Å². The van der Waals surface area contributed by atoms with E-state index in [1.54, 1.807) is 6.07 Å². The first-order chi connectivity index (χ1) is 9.61. The molecule has 1 aliphatic rings. The average Bonchev–Trinajstić information content (AvgIpc) is 2.47. The molecule has 0 bridgehead atoms. The second kappa shape index (κ2) is 6.33. The van der Waals surface area contributed by atoms with Gasteiger partial charge >= 0.3 is 5.97 Å². The third kappa shape index (κ3) is 3.24. The molecule has 1 saturated heterocycles. The number of carbonyl (C=O) groups excluding carboxylic acids is 1. The molecule has 0 unspecified atom stereocenters. The largest absolute Gasteiger partial charge is 0.465 e. The molecule has 2 N–H and O–H groups in total. The Morgan fingerprint density at radius 3 is 2.95 bits per heavy atom. The van der Waals surface area contributed by atoms with Gasteiger partial charge in [0.05, 0.1) is 17.6 Å². The van der Waals surface area contributed by atoms with Crippen molar-refractivity contribution in [2.75, 3.05) is 25.5 Å². The van der Waals surface area contributed by atoms with E-state index in [4.69, 9.17) is 0 Å². The summed E-state index contributed by atoms with van der Waals surface area (Å²) >= 11 is 0. The fraction of sp³-hybridized carbons (Fsp3) is 0.462. The van der Waals surface area contributed by atoms with Gasteiger partial charge in [-0.15, -0.1) is 0 Å². The number of esters is 1. The summed E-state index contributed by atoms with van der Waals surface area (Å²) in [5.74, 6) is -0.584. The summed E-state index contributed by atoms with van der Waals surface area (Å²) < 4.78 is 4.57. The molecule has 1 aromatic rings. The number of nitrogens with one attached hydrogen (secondary N) is 2. The van der Waals surface area contributed by atoms with Crippen LogP contribution in [0.3, 0.4) is 0 Å². The van der Waals surface area contributed by atoms with E-state index in [0.29, 0.717) is 5.69 Å². The minimum atomic E-state index is -0.584. The van der Waals surface area contributed by atoms with Gasteiger partial charge in [0.25, 0.3) is 5.69 Å². The van der Waals surface area contributed by atoms with E-state index in [1.807, 2.05) is 0 Å². The maximum absolute atomic E-state index is 11.4. The van der Waals surface area contributed by atoms with Gasteiger partial charge in [0.15, 0.2) is 0 Å². The van der Waals surface area contributed by atoms with E-state index in [1.165, 1.54) is 19.2 Å². The van der Waals surface area contributed by atoms with Crippen LogP contribution in [0.4, 0.5) is 11.4 Å². The van der Waals surface area contributed by atoms with E-state index < -0.39 is 10.9 Å². The Balaban J connectivity index is 2.23. The van der Waals surface area contributed by atoms with Gasteiger partial charge in [0.2, 0.25) is 0 Å². The summed E-state index contributed by atoms with van der Waals surface area (Å²) in [5, 5.41) is 17.5. The number of hydrogen-bond donors (Lipinski definition) is 2. The number of piperidine rings is 1. The van der Waals surface area contributed by atoms with Crippen LogP contribution in [0, 0.1) is 10.1 Å². The van der Waals surface area contributed by atoms with Crippen molar-refractivity contribution in [1.82, 2.24) is 5.32 Å². The van der Waals surface area contributed by atoms with Crippen LogP contribution < -0.4 is 10.6 Å². The molecule has 108 valence electrons. The van der Waals surface area contributed by atoms with E-state index in [0.717, 1.165) is 25.9 Å². The lowest BCUT2D eigenvalue weighted by Crippen LogP contribution is -2.38. The number of carbonyl (C=O) groups is 1.